The monoisotopic (exact) mass is 548 g/mol. The van der Waals surface area contributed by atoms with Crippen LogP contribution in [0.15, 0.2) is 120 Å². The molecule has 2 aliphatic heterocycles. The second kappa shape index (κ2) is 10.2. The Morgan fingerprint density at radius 1 is 0.875 bits per heavy atom. The zero-order chi connectivity index (χ0) is 27.9. The molecule has 0 N–H and O–H groups in total. The first kappa shape index (κ1) is 26.2. The highest BCUT2D eigenvalue weighted by atomic mass is 32.2. The van der Waals surface area contributed by atoms with Gasteiger partial charge >= 0.3 is 0 Å². The fraction of sp³-hybridized carbons (Fsp3) is 0.206. The van der Waals surface area contributed by atoms with Crippen LogP contribution in [-0.4, -0.2) is 31.2 Å². The molecule has 202 valence electrons. The van der Waals surface area contributed by atoms with Gasteiger partial charge in [-0.15, -0.1) is 0 Å². The molecule has 0 saturated carbocycles. The van der Waals surface area contributed by atoms with Crippen LogP contribution in [0.2, 0.25) is 0 Å². The van der Waals surface area contributed by atoms with E-state index < -0.39 is 21.5 Å². The van der Waals surface area contributed by atoms with Crippen LogP contribution in [0.25, 0.3) is 6.08 Å². The maximum Gasteiger partial charge on any atom is 0.243 e. The van der Waals surface area contributed by atoms with Crippen molar-refractivity contribution >= 4 is 27.7 Å². The highest BCUT2D eigenvalue weighted by Gasteiger charge is 2.62. The number of para-hydroxylation sites is 1. The summed E-state index contributed by atoms with van der Waals surface area (Å²) in [6.45, 7) is 4.57. The Kier molecular flexibility index (Phi) is 6.69. The molecule has 0 aliphatic carbocycles. The van der Waals surface area contributed by atoms with E-state index in [1.807, 2.05) is 122 Å². The first-order valence-corrected chi connectivity index (χ1v) is 15.0. The molecular weight excluding hydrogens is 516 g/mol. The van der Waals surface area contributed by atoms with Gasteiger partial charge in [0.05, 0.1) is 22.9 Å². The van der Waals surface area contributed by atoms with Crippen LogP contribution in [0.3, 0.4) is 0 Å². The lowest BCUT2D eigenvalue weighted by Crippen LogP contribution is -2.51. The molecule has 1 spiro atoms. The van der Waals surface area contributed by atoms with Crippen LogP contribution in [0, 0.1) is 6.92 Å². The number of nitrogens with zero attached hydrogens (tertiary/aromatic N) is 2. The Morgan fingerprint density at radius 2 is 1.50 bits per heavy atom. The fourth-order valence-corrected chi connectivity index (χ4v) is 8.10. The maximum absolute atomic E-state index is 14.7. The van der Waals surface area contributed by atoms with Crippen LogP contribution < -0.4 is 4.90 Å². The minimum Gasteiger partial charge on any atom is -0.307 e. The minimum absolute atomic E-state index is 0.0510. The molecule has 4 aromatic carbocycles. The van der Waals surface area contributed by atoms with Gasteiger partial charge in [0.2, 0.25) is 15.9 Å². The summed E-state index contributed by atoms with van der Waals surface area (Å²) in [4.78, 5) is 16.8. The lowest BCUT2D eigenvalue weighted by atomic mass is 9.72. The molecule has 0 aromatic heterocycles. The van der Waals surface area contributed by atoms with Gasteiger partial charge in [0.15, 0.2) is 0 Å². The van der Waals surface area contributed by atoms with Crippen molar-refractivity contribution in [3.63, 3.8) is 0 Å². The molecule has 2 heterocycles. The second-order valence-corrected chi connectivity index (χ2v) is 12.6. The van der Waals surface area contributed by atoms with E-state index in [1.54, 1.807) is 16.4 Å². The van der Waals surface area contributed by atoms with Crippen molar-refractivity contribution in [3.8, 4) is 0 Å². The number of rotatable bonds is 6. The molecule has 4 aromatic rings. The molecular formula is C34H32N2O3S. The number of carbonyl (C=O) groups is 1. The van der Waals surface area contributed by atoms with E-state index in [1.165, 1.54) is 0 Å². The molecule has 6 heteroatoms. The smallest absolute Gasteiger partial charge is 0.243 e. The lowest BCUT2D eigenvalue weighted by Gasteiger charge is -2.35. The van der Waals surface area contributed by atoms with Crippen LogP contribution in [0.4, 0.5) is 5.69 Å². The zero-order valence-corrected chi connectivity index (χ0v) is 23.5. The van der Waals surface area contributed by atoms with E-state index in [0.717, 1.165) is 33.5 Å². The van der Waals surface area contributed by atoms with Crippen molar-refractivity contribution in [2.45, 2.75) is 43.2 Å². The SMILES string of the molecule is C/C(=C\c1ccccc1)[C@H]1N(S(=O)(=O)c2ccc(C)cc2)CC[C@@]12C(=O)N(Cc1ccccc1)c1ccccc12. The Morgan fingerprint density at radius 3 is 2.20 bits per heavy atom. The molecule has 1 saturated heterocycles. The number of carbonyl (C=O) groups excluding carboxylic acids is 1. The fourth-order valence-electron chi connectivity index (χ4n) is 6.39. The van der Waals surface area contributed by atoms with Crippen molar-refractivity contribution in [2.75, 3.05) is 11.4 Å². The first-order valence-electron chi connectivity index (χ1n) is 13.6. The number of hydrogen-bond donors (Lipinski definition) is 0. The van der Waals surface area contributed by atoms with Crippen molar-refractivity contribution in [3.05, 3.63) is 137 Å². The molecule has 2 aliphatic rings. The molecule has 1 amide bonds. The summed E-state index contributed by atoms with van der Waals surface area (Å²) >= 11 is 0. The predicted octanol–water partition coefficient (Wildman–Crippen LogP) is 6.35. The number of fused-ring (bicyclic) bond motifs is 2. The van der Waals surface area contributed by atoms with Gasteiger partial charge in [0.1, 0.15) is 0 Å². The van der Waals surface area contributed by atoms with Gasteiger partial charge in [-0.05, 0) is 55.2 Å². The summed E-state index contributed by atoms with van der Waals surface area (Å²) in [6, 6.07) is 34.0. The van der Waals surface area contributed by atoms with E-state index >= 15 is 0 Å². The second-order valence-electron chi connectivity index (χ2n) is 10.7. The van der Waals surface area contributed by atoms with E-state index in [9.17, 15) is 13.2 Å². The van der Waals surface area contributed by atoms with Gasteiger partial charge in [0.25, 0.3) is 0 Å². The third-order valence-corrected chi connectivity index (χ3v) is 10.1. The van der Waals surface area contributed by atoms with Gasteiger partial charge in [-0.1, -0.05) is 108 Å². The normalized spacial score (nSPS) is 21.2. The van der Waals surface area contributed by atoms with Gasteiger partial charge in [0, 0.05) is 12.2 Å². The number of amides is 1. The highest BCUT2D eigenvalue weighted by molar-refractivity contribution is 7.89. The standard InChI is InChI=1S/C34H32N2O3S/c1-25-17-19-29(20-18-25)40(38,39)36-22-21-34(32(36)26(2)23-27-11-5-3-6-12-27)30-15-9-10-16-31(30)35(33(34)37)24-28-13-7-4-8-14-28/h3-20,23,32H,21-22,24H2,1-2H3/b26-23+/t32-,34+/m1/s1. The van der Waals surface area contributed by atoms with E-state index in [2.05, 4.69) is 0 Å². The van der Waals surface area contributed by atoms with E-state index in [4.69, 9.17) is 0 Å². The summed E-state index contributed by atoms with van der Waals surface area (Å²) in [7, 11) is -3.89. The van der Waals surface area contributed by atoms with E-state index in [-0.39, 0.29) is 17.3 Å². The number of sulfonamides is 1. The Balaban J connectivity index is 1.52. The van der Waals surface area contributed by atoms with Gasteiger partial charge < -0.3 is 4.90 Å². The highest BCUT2D eigenvalue weighted by Crippen LogP contribution is 2.54. The first-order chi connectivity index (χ1) is 19.3. The molecule has 0 bridgehead atoms. The van der Waals surface area contributed by atoms with Gasteiger partial charge in [-0.2, -0.15) is 4.31 Å². The molecule has 1 fully saturated rings. The Hall–Kier alpha value is -4.00. The van der Waals surface area contributed by atoms with Crippen LogP contribution in [-0.2, 0) is 26.8 Å². The zero-order valence-electron chi connectivity index (χ0n) is 22.7. The molecule has 0 radical (unpaired) electrons. The quantitative estimate of drug-likeness (QED) is 0.282. The van der Waals surface area contributed by atoms with Gasteiger partial charge in [-0.25, -0.2) is 8.42 Å². The molecule has 6 rings (SSSR count). The molecule has 2 atom stereocenters. The molecule has 40 heavy (non-hydrogen) atoms. The predicted molar refractivity (Wildman–Crippen MR) is 159 cm³/mol. The summed E-state index contributed by atoms with van der Waals surface area (Å²) < 4.78 is 30.0. The maximum atomic E-state index is 14.7. The average Bonchev–Trinajstić information content (AvgIpc) is 3.49. The summed E-state index contributed by atoms with van der Waals surface area (Å²) in [5.41, 5.74) is 4.53. The Bertz CT molecular complexity index is 1680. The van der Waals surface area contributed by atoms with Crippen LogP contribution in [0.1, 0.15) is 35.6 Å². The van der Waals surface area contributed by atoms with Gasteiger partial charge in [-0.3, -0.25) is 4.79 Å². The summed E-state index contributed by atoms with van der Waals surface area (Å²) in [5.74, 6) is -0.0510. The Labute approximate surface area is 236 Å². The van der Waals surface area contributed by atoms with Crippen molar-refractivity contribution in [1.82, 2.24) is 4.31 Å². The number of benzene rings is 4. The van der Waals surface area contributed by atoms with Crippen molar-refractivity contribution in [1.29, 1.82) is 0 Å². The molecule has 5 nitrogen and oxygen atoms in total. The topological polar surface area (TPSA) is 57.7 Å². The third-order valence-electron chi connectivity index (χ3n) is 8.22. The van der Waals surface area contributed by atoms with Crippen LogP contribution >= 0.6 is 0 Å². The largest absolute Gasteiger partial charge is 0.307 e. The van der Waals surface area contributed by atoms with E-state index in [0.29, 0.717) is 13.0 Å². The number of aryl methyl sites for hydroxylation is 1. The van der Waals surface area contributed by atoms with Crippen molar-refractivity contribution < 1.29 is 13.2 Å². The average molecular weight is 549 g/mol. The summed E-state index contributed by atoms with van der Waals surface area (Å²) in [5, 5.41) is 0. The number of hydrogen-bond acceptors (Lipinski definition) is 3. The number of anilines is 1. The third kappa shape index (κ3) is 4.28. The van der Waals surface area contributed by atoms with Crippen LogP contribution in [0.5, 0.6) is 0 Å². The van der Waals surface area contributed by atoms with Crippen molar-refractivity contribution in [2.24, 2.45) is 0 Å². The molecule has 0 unspecified atom stereocenters. The lowest BCUT2D eigenvalue weighted by molar-refractivity contribution is -0.123. The minimum atomic E-state index is -3.89. The summed E-state index contributed by atoms with van der Waals surface area (Å²) in [6.07, 6.45) is 2.43.